The summed E-state index contributed by atoms with van der Waals surface area (Å²) < 4.78 is 6.76. The number of carbonyl (C=O) groups is 3. The van der Waals surface area contributed by atoms with Gasteiger partial charge in [0.15, 0.2) is 6.61 Å². The molecule has 0 spiro atoms. The van der Waals surface area contributed by atoms with E-state index in [-0.39, 0.29) is 6.54 Å². The van der Waals surface area contributed by atoms with Gasteiger partial charge in [0.1, 0.15) is 18.4 Å². The van der Waals surface area contributed by atoms with Crippen LogP contribution in [-0.2, 0) is 14.3 Å². The van der Waals surface area contributed by atoms with Crippen LogP contribution in [0.15, 0.2) is 54.6 Å². The first-order chi connectivity index (χ1) is 15.8. The van der Waals surface area contributed by atoms with Crippen molar-refractivity contribution < 1.29 is 19.1 Å². The van der Waals surface area contributed by atoms with Crippen molar-refractivity contribution in [2.45, 2.75) is 20.8 Å². The predicted molar refractivity (Wildman–Crippen MR) is 123 cm³/mol. The lowest BCUT2D eigenvalue weighted by Crippen LogP contribution is -2.32. The third-order valence-electron chi connectivity index (χ3n) is 5.14. The van der Waals surface area contributed by atoms with Crippen LogP contribution in [0.2, 0.25) is 0 Å². The van der Waals surface area contributed by atoms with E-state index in [0.717, 1.165) is 22.5 Å². The molecular formula is C25H24N4O4. The Balaban J connectivity index is 1.62. The molecular weight excluding hydrogens is 420 g/mol. The number of carbonyl (C=O) groups excluding carboxylic acids is 3. The first-order valence-electron chi connectivity index (χ1n) is 10.3. The number of anilines is 1. The first kappa shape index (κ1) is 23.3. The molecule has 0 saturated heterocycles. The molecule has 0 saturated carbocycles. The topological polar surface area (TPSA) is 113 Å². The summed E-state index contributed by atoms with van der Waals surface area (Å²) in [6.45, 7) is 4.60. The van der Waals surface area contributed by atoms with Crippen LogP contribution in [0.3, 0.4) is 0 Å². The maximum atomic E-state index is 12.5. The minimum atomic E-state index is -0.752. The smallest absolute Gasteiger partial charge is 0.325 e. The highest BCUT2D eigenvalue weighted by Gasteiger charge is 2.21. The number of hydrogen-bond donors (Lipinski definition) is 2. The zero-order valence-corrected chi connectivity index (χ0v) is 18.6. The molecule has 0 aliphatic rings. The van der Waals surface area contributed by atoms with Crippen molar-refractivity contribution in [3.05, 3.63) is 82.5 Å². The zero-order chi connectivity index (χ0) is 24.0. The summed E-state index contributed by atoms with van der Waals surface area (Å²) in [7, 11) is 0. The van der Waals surface area contributed by atoms with Crippen LogP contribution >= 0.6 is 0 Å². The second-order valence-corrected chi connectivity index (χ2v) is 7.48. The van der Waals surface area contributed by atoms with E-state index < -0.39 is 24.4 Å². The van der Waals surface area contributed by atoms with Gasteiger partial charge in [0.2, 0.25) is 0 Å². The highest BCUT2D eigenvalue weighted by atomic mass is 16.5. The fourth-order valence-corrected chi connectivity index (χ4v) is 3.37. The molecule has 8 nitrogen and oxygen atoms in total. The number of nitriles is 1. The summed E-state index contributed by atoms with van der Waals surface area (Å²) in [6, 6.07) is 18.4. The lowest BCUT2D eigenvalue weighted by molar-refractivity contribution is -0.146. The molecule has 0 radical (unpaired) electrons. The molecule has 0 aliphatic carbocycles. The van der Waals surface area contributed by atoms with Crippen molar-refractivity contribution in [2.24, 2.45) is 0 Å². The van der Waals surface area contributed by atoms with Gasteiger partial charge in [-0.2, -0.15) is 5.26 Å². The minimum Gasteiger partial charge on any atom is -0.454 e. The lowest BCUT2D eigenvalue weighted by atomic mass is 10.1. The molecule has 0 atom stereocenters. The molecule has 8 heteroatoms. The molecule has 1 aromatic heterocycles. The summed E-state index contributed by atoms with van der Waals surface area (Å²) in [5, 5.41) is 14.8. The number of hydrogen-bond acceptors (Lipinski definition) is 5. The Kier molecular flexibility index (Phi) is 7.26. The van der Waals surface area contributed by atoms with Gasteiger partial charge in [-0.15, -0.1) is 0 Å². The molecule has 2 N–H and O–H groups in total. The molecule has 3 aromatic rings. The summed E-state index contributed by atoms with van der Waals surface area (Å²) in [4.78, 5) is 36.6. The van der Waals surface area contributed by atoms with E-state index in [9.17, 15) is 19.6 Å². The molecule has 2 amide bonds. The molecule has 0 aliphatic heterocycles. The first-order valence-corrected chi connectivity index (χ1v) is 10.3. The summed E-state index contributed by atoms with van der Waals surface area (Å²) in [5.74, 6) is -1.45. The van der Waals surface area contributed by atoms with Crippen LogP contribution in [-0.4, -0.2) is 35.5 Å². The van der Waals surface area contributed by atoms with Gasteiger partial charge in [0.05, 0.1) is 5.56 Å². The average molecular weight is 444 g/mol. The quantitative estimate of drug-likeness (QED) is 0.544. The average Bonchev–Trinajstić information content (AvgIpc) is 3.05. The summed E-state index contributed by atoms with van der Waals surface area (Å²) in [5.41, 5.74) is 4.02. The van der Waals surface area contributed by atoms with Gasteiger partial charge in [-0.25, -0.2) is 0 Å². The van der Waals surface area contributed by atoms with Crippen LogP contribution in [0.5, 0.6) is 0 Å². The number of esters is 1. The van der Waals surface area contributed by atoms with E-state index in [4.69, 9.17) is 4.74 Å². The van der Waals surface area contributed by atoms with Crippen molar-refractivity contribution in [1.29, 1.82) is 5.26 Å². The van der Waals surface area contributed by atoms with Crippen LogP contribution < -0.4 is 10.6 Å². The van der Waals surface area contributed by atoms with Gasteiger partial charge < -0.3 is 15.4 Å². The number of benzene rings is 2. The van der Waals surface area contributed by atoms with E-state index in [2.05, 4.69) is 16.7 Å². The standard InChI is InChI=1S/C25H24N4O4/c1-16-8-7-9-19(12-16)25(32)27-14-23(31)33-15-22(30)28-24-21(13-26)17(2)18(3)29(24)20-10-5-4-6-11-20/h4-12H,14-15H2,1-3H3,(H,27,32)(H,28,30). The number of amides is 2. The number of aromatic nitrogens is 1. The van der Waals surface area contributed by atoms with Crippen LogP contribution in [0, 0.1) is 32.1 Å². The SMILES string of the molecule is Cc1cccc(C(=O)NCC(=O)OCC(=O)Nc2c(C#N)c(C)c(C)n2-c2ccccc2)c1. The minimum absolute atomic E-state index is 0.312. The number of nitrogens with zero attached hydrogens (tertiary/aromatic N) is 2. The number of ether oxygens (including phenoxy) is 1. The molecule has 0 bridgehead atoms. The maximum Gasteiger partial charge on any atom is 0.325 e. The van der Waals surface area contributed by atoms with E-state index in [1.54, 1.807) is 29.7 Å². The lowest BCUT2D eigenvalue weighted by Gasteiger charge is -2.13. The van der Waals surface area contributed by atoms with Crippen LogP contribution in [0.25, 0.3) is 5.69 Å². The molecule has 168 valence electrons. The largest absolute Gasteiger partial charge is 0.454 e. The number of para-hydroxylation sites is 1. The Bertz CT molecular complexity index is 1240. The molecule has 0 fully saturated rings. The molecule has 2 aromatic carbocycles. The maximum absolute atomic E-state index is 12.5. The third-order valence-corrected chi connectivity index (χ3v) is 5.14. The fraction of sp³-hybridized carbons (Fsp3) is 0.200. The Labute approximate surface area is 191 Å². The summed E-state index contributed by atoms with van der Waals surface area (Å²) in [6.07, 6.45) is 0. The third kappa shape index (κ3) is 5.46. The number of rotatable bonds is 7. The monoisotopic (exact) mass is 444 g/mol. The fourth-order valence-electron chi connectivity index (χ4n) is 3.37. The molecule has 0 unspecified atom stereocenters. The van der Waals surface area contributed by atoms with E-state index in [1.165, 1.54) is 0 Å². The van der Waals surface area contributed by atoms with Gasteiger partial charge in [-0.1, -0.05) is 35.9 Å². The summed E-state index contributed by atoms with van der Waals surface area (Å²) >= 11 is 0. The van der Waals surface area contributed by atoms with E-state index in [0.29, 0.717) is 16.9 Å². The van der Waals surface area contributed by atoms with E-state index in [1.807, 2.05) is 50.2 Å². The normalized spacial score (nSPS) is 10.2. The van der Waals surface area contributed by atoms with Gasteiger partial charge in [0.25, 0.3) is 11.8 Å². The molecule has 1 heterocycles. The molecule has 3 rings (SSSR count). The van der Waals surface area contributed by atoms with Crippen LogP contribution in [0.4, 0.5) is 5.82 Å². The Morgan fingerprint density at radius 1 is 1.03 bits per heavy atom. The van der Waals surface area contributed by atoms with Crippen LogP contribution in [0.1, 0.15) is 32.7 Å². The van der Waals surface area contributed by atoms with Gasteiger partial charge in [-0.3, -0.25) is 19.0 Å². The Morgan fingerprint density at radius 2 is 1.76 bits per heavy atom. The highest BCUT2D eigenvalue weighted by Crippen LogP contribution is 2.29. The van der Waals surface area contributed by atoms with Gasteiger partial charge in [-0.05, 0) is 50.6 Å². The zero-order valence-electron chi connectivity index (χ0n) is 18.6. The second-order valence-electron chi connectivity index (χ2n) is 7.48. The van der Waals surface area contributed by atoms with Crippen molar-refractivity contribution in [2.75, 3.05) is 18.5 Å². The molecule has 33 heavy (non-hydrogen) atoms. The van der Waals surface area contributed by atoms with E-state index >= 15 is 0 Å². The number of nitrogens with one attached hydrogen (secondary N) is 2. The number of aryl methyl sites for hydroxylation is 1. The van der Waals surface area contributed by atoms with Crippen molar-refractivity contribution in [3.8, 4) is 11.8 Å². The second kappa shape index (κ2) is 10.3. The Hall–Kier alpha value is -4.38. The van der Waals surface area contributed by atoms with Crippen molar-refractivity contribution in [3.63, 3.8) is 0 Å². The van der Waals surface area contributed by atoms with Gasteiger partial charge in [0, 0.05) is 16.9 Å². The van der Waals surface area contributed by atoms with Crippen molar-refractivity contribution in [1.82, 2.24) is 9.88 Å². The highest BCUT2D eigenvalue weighted by molar-refractivity contribution is 5.97. The van der Waals surface area contributed by atoms with Gasteiger partial charge >= 0.3 is 5.97 Å². The predicted octanol–water partition coefficient (Wildman–Crippen LogP) is 3.19. The van der Waals surface area contributed by atoms with Crippen molar-refractivity contribution >= 4 is 23.6 Å². The Morgan fingerprint density at radius 3 is 2.42 bits per heavy atom.